The topological polar surface area (TPSA) is 53.5 Å². The van der Waals surface area contributed by atoms with E-state index in [0.29, 0.717) is 35.1 Å². The molecule has 0 aliphatic carbocycles. The molecule has 2 aromatic rings. The van der Waals surface area contributed by atoms with E-state index in [-0.39, 0.29) is 11.8 Å². The van der Waals surface area contributed by atoms with Gasteiger partial charge in [0.25, 0.3) is 5.91 Å². The lowest BCUT2D eigenvalue weighted by molar-refractivity contribution is -0.134. The molecule has 26 heavy (non-hydrogen) atoms. The van der Waals surface area contributed by atoms with Crippen LogP contribution < -0.4 is 0 Å². The van der Waals surface area contributed by atoms with Crippen LogP contribution >= 0.6 is 23.2 Å². The van der Waals surface area contributed by atoms with Crippen LogP contribution in [-0.2, 0) is 11.3 Å². The zero-order valence-electron chi connectivity index (χ0n) is 14.4. The lowest BCUT2D eigenvalue weighted by Crippen LogP contribution is -2.46. The fraction of sp³-hybridized carbons (Fsp3) is 0.316. The van der Waals surface area contributed by atoms with E-state index in [1.165, 1.54) is 0 Å². The van der Waals surface area contributed by atoms with Gasteiger partial charge in [-0.05, 0) is 42.7 Å². The van der Waals surface area contributed by atoms with Crippen molar-refractivity contribution in [3.8, 4) is 0 Å². The quantitative estimate of drug-likeness (QED) is 0.798. The van der Waals surface area contributed by atoms with Gasteiger partial charge < -0.3 is 9.80 Å². The molecular weight excluding hydrogens is 373 g/mol. The highest BCUT2D eigenvalue weighted by atomic mass is 35.5. The smallest absolute Gasteiger partial charge is 0.256 e. The molecule has 0 bridgehead atoms. The number of rotatable bonds is 4. The SMILES string of the molecule is CN(Cc1cccnc1)C(=O)C1CCCN1C(=O)c1cc(Cl)ccc1Cl. The van der Waals surface area contributed by atoms with Gasteiger partial charge in [-0.1, -0.05) is 29.3 Å². The highest BCUT2D eigenvalue weighted by Crippen LogP contribution is 2.27. The Balaban J connectivity index is 1.75. The van der Waals surface area contributed by atoms with Crippen molar-refractivity contribution in [3.05, 3.63) is 63.9 Å². The third-order valence-corrected chi connectivity index (χ3v) is 5.04. The molecule has 0 saturated carbocycles. The molecule has 1 aromatic heterocycles. The third kappa shape index (κ3) is 4.00. The van der Waals surface area contributed by atoms with Crippen molar-refractivity contribution in [1.29, 1.82) is 0 Å². The average molecular weight is 392 g/mol. The molecule has 3 rings (SSSR count). The van der Waals surface area contributed by atoms with E-state index in [1.807, 2.05) is 12.1 Å². The Bertz CT molecular complexity index is 814. The molecule has 7 heteroatoms. The van der Waals surface area contributed by atoms with Crippen molar-refractivity contribution in [3.63, 3.8) is 0 Å². The summed E-state index contributed by atoms with van der Waals surface area (Å²) >= 11 is 12.2. The zero-order valence-corrected chi connectivity index (χ0v) is 15.9. The Hall–Kier alpha value is -2.11. The summed E-state index contributed by atoms with van der Waals surface area (Å²) in [4.78, 5) is 33.1. The van der Waals surface area contributed by atoms with E-state index in [9.17, 15) is 9.59 Å². The number of carbonyl (C=O) groups is 2. The van der Waals surface area contributed by atoms with Crippen LogP contribution in [0, 0.1) is 0 Å². The summed E-state index contributed by atoms with van der Waals surface area (Å²) in [6, 6.07) is 8.04. The molecule has 1 aliphatic rings. The number of carbonyl (C=O) groups excluding carboxylic acids is 2. The van der Waals surface area contributed by atoms with Gasteiger partial charge in [0.1, 0.15) is 6.04 Å². The first-order valence-electron chi connectivity index (χ1n) is 8.37. The number of halogens is 2. The standard InChI is InChI=1S/C19H19Cl2N3O2/c1-23(12-13-4-2-8-22-11-13)19(26)17-5-3-9-24(17)18(25)15-10-14(20)6-7-16(15)21/h2,4,6-8,10-11,17H,3,5,9,12H2,1H3. The van der Waals surface area contributed by atoms with Crippen LogP contribution in [0.1, 0.15) is 28.8 Å². The van der Waals surface area contributed by atoms with Crippen LogP contribution in [0.4, 0.5) is 0 Å². The molecule has 1 unspecified atom stereocenters. The minimum absolute atomic E-state index is 0.0853. The first-order chi connectivity index (χ1) is 12.5. The van der Waals surface area contributed by atoms with Gasteiger partial charge in [0.2, 0.25) is 5.91 Å². The van der Waals surface area contributed by atoms with Gasteiger partial charge in [-0.3, -0.25) is 14.6 Å². The van der Waals surface area contributed by atoms with Crippen molar-refractivity contribution in [2.75, 3.05) is 13.6 Å². The first kappa shape index (κ1) is 18.7. The van der Waals surface area contributed by atoms with Crippen molar-refractivity contribution in [2.24, 2.45) is 0 Å². The number of amides is 2. The molecule has 0 spiro atoms. The molecule has 0 radical (unpaired) electrons. The van der Waals surface area contributed by atoms with E-state index >= 15 is 0 Å². The van der Waals surface area contributed by atoms with E-state index in [0.717, 1.165) is 12.0 Å². The second-order valence-electron chi connectivity index (χ2n) is 6.34. The summed E-state index contributed by atoms with van der Waals surface area (Å²) in [5.74, 6) is -0.346. The van der Waals surface area contributed by atoms with Gasteiger partial charge in [-0.2, -0.15) is 0 Å². The molecule has 1 atom stereocenters. The largest absolute Gasteiger partial charge is 0.340 e. The van der Waals surface area contributed by atoms with Crippen molar-refractivity contribution < 1.29 is 9.59 Å². The van der Waals surface area contributed by atoms with Gasteiger partial charge in [-0.25, -0.2) is 0 Å². The molecule has 136 valence electrons. The molecule has 5 nitrogen and oxygen atoms in total. The van der Waals surface area contributed by atoms with E-state index in [4.69, 9.17) is 23.2 Å². The number of nitrogens with zero attached hydrogens (tertiary/aromatic N) is 3. The van der Waals surface area contributed by atoms with Crippen molar-refractivity contribution in [2.45, 2.75) is 25.4 Å². The van der Waals surface area contributed by atoms with Crippen LogP contribution in [0.5, 0.6) is 0 Å². The maximum absolute atomic E-state index is 12.9. The summed E-state index contributed by atoms with van der Waals surface area (Å²) in [5, 5.41) is 0.773. The highest BCUT2D eigenvalue weighted by molar-refractivity contribution is 6.35. The lowest BCUT2D eigenvalue weighted by atomic mass is 10.1. The Kier molecular flexibility index (Phi) is 5.79. The molecule has 1 saturated heterocycles. The zero-order chi connectivity index (χ0) is 18.7. The summed E-state index contributed by atoms with van der Waals surface area (Å²) in [6.45, 7) is 0.974. The van der Waals surface area contributed by atoms with Crippen LogP contribution in [0.2, 0.25) is 10.0 Å². The lowest BCUT2D eigenvalue weighted by Gasteiger charge is -2.28. The Morgan fingerprint density at radius 3 is 2.85 bits per heavy atom. The van der Waals surface area contributed by atoms with Gasteiger partial charge in [-0.15, -0.1) is 0 Å². The molecule has 2 amide bonds. The number of pyridine rings is 1. The van der Waals surface area contributed by atoms with Crippen LogP contribution in [0.15, 0.2) is 42.7 Å². The first-order valence-corrected chi connectivity index (χ1v) is 9.13. The normalized spacial score (nSPS) is 16.6. The number of benzene rings is 1. The number of hydrogen-bond donors (Lipinski definition) is 0. The van der Waals surface area contributed by atoms with Gasteiger partial charge >= 0.3 is 0 Å². The fourth-order valence-electron chi connectivity index (χ4n) is 3.18. The van der Waals surface area contributed by atoms with Crippen LogP contribution in [0.3, 0.4) is 0 Å². The number of likely N-dealkylation sites (tertiary alicyclic amines) is 1. The number of hydrogen-bond acceptors (Lipinski definition) is 3. The minimum atomic E-state index is -0.487. The third-order valence-electron chi connectivity index (χ3n) is 4.48. The average Bonchev–Trinajstić information content (AvgIpc) is 3.13. The summed E-state index contributed by atoms with van der Waals surface area (Å²) in [6.07, 6.45) is 4.84. The Morgan fingerprint density at radius 1 is 1.31 bits per heavy atom. The van der Waals surface area contributed by atoms with Crippen LogP contribution in [-0.4, -0.2) is 46.2 Å². The molecule has 1 aliphatic heterocycles. The predicted molar refractivity (Wildman–Crippen MR) is 101 cm³/mol. The second kappa shape index (κ2) is 8.06. The maximum atomic E-state index is 12.9. The maximum Gasteiger partial charge on any atom is 0.256 e. The van der Waals surface area contributed by atoms with Gasteiger partial charge in [0.05, 0.1) is 10.6 Å². The number of aromatic nitrogens is 1. The molecular formula is C19H19Cl2N3O2. The summed E-state index contributed by atoms with van der Waals surface area (Å²) in [5.41, 5.74) is 1.27. The van der Waals surface area contributed by atoms with Crippen molar-refractivity contribution >= 4 is 35.0 Å². The monoisotopic (exact) mass is 391 g/mol. The van der Waals surface area contributed by atoms with Crippen LogP contribution in [0.25, 0.3) is 0 Å². The molecule has 1 aromatic carbocycles. The predicted octanol–water partition coefficient (Wildman–Crippen LogP) is 3.65. The van der Waals surface area contributed by atoms with Gasteiger partial charge in [0.15, 0.2) is 0 Å². The Morgan fingerprint density at radius 2 is 2.12 bits per heavy atom. The summed E-state index contributed by atoms with van der Waals surface area (Å²) in [7, 11) is 1.74. The molecule has 2 heterocycles. The minimum Gasteiger partial charge on any atom is -0.340 e. The molecule has 0 N–H and O–H groups in total. The number of likely N-dealkylation sites (N-methyl/N-ethyl adjacent to an activating group) is 1. The molecule has 1 fully saturated rings. The highest BCUT2D eigenvalue weighted by Gasteiger charge is 2.36. The fourth-order valence-corrected chi connectivity index (χ4v) is 3.55. The van der Waals surface area contributed by atoms with E-state index in [1.54, 1.807) is 47.4 Å². The second-order valence-corrected chi connectivity index (χ2v) is 7.18. The van der Waals surface area contributed by atoms with Gasteiger partial charge in [0, 0.05) is 37.6 Å². The van der Waals surface area contributed by atoms with E-state index in [2.05, 4.69) is 4.98 Å². The van der Waals surface area contributed by atoms with E-state index < -0.39 is 6.04 Å². The Labute approximate surface area is 162 Å². The summed E-state index contributed by atoms with van der Waals surface area (Å²) < 4.78 is 0. The van der Waals surface area contributed by atoms with Crippen molar-refractivity contribution in [1.82, 2.24) is 14.8 Å².